The molecule has 1 amide bonds. The van der Waals surface area contributed by atoms with E-state index in [1.165, 1.54) is 12.0 Å². The van der Waals surface area contributed by atoms with Gasteiger partial charge in [-0.2, -0.15) is 0 Å². The van der Waals surface area contributed by atoms with E-state index >= 15 is 0 Å². The van der Waals surface area contributed by atoms with Gasteiger partial charge in [0.25, 0.3) is 5.91 Å². The van der Waals surface area contributed by atoms with Crippen molar-refractivity contribution in [3.63, 3.8) is 0 Å². The van der Waals surface area contributed by atoms with Gasteiger partial charge in [0.15, 0.2) is 0 Å². The molecular formula is C12H12BrNO3. The standard InChI is InChI=1S/C12H12BrNO3/c1-7-9-4-3-8(13)5-10(9)12(16)14(7)6-11(15)17-2/h3-5,7H,6H2,1-2H3/t7-/m0/s1. The molecule has 0 unspecified atom stereocenters. The van der Waals surface area contributed by atoms with Crippen LogP contribution in [0, 0.1) is 0 Å². The average Bonchev–Trinajstić information content (AvgIpc) is 2.54. The van der Waals surface area contributed by atoms with E-state index < -0.39 is 5.97 Å². The summed E-state index contributed by atoms with van der Waals surface area (Å²) in [5.41, 5.74) is 1.60. The molecule has 1 aromatic carbocycles. The molecule has 0 fully saturated rings. The van der Waals surface area contributed by atoms with Crippen molar-refractivity contribution >= 4 is 27.8 Å². The number of hydrogen-bond donors (Lipinski definition) is 0. The normalized spacial score (nSPS) is 18.2. The highest BCUT2D eigenvalue weighted by Crippen LogP contribution is 2.34. The molecular weight excluding hydrogens is 286 g/mol. The van der Waals surface area contributed by atoms with Crippen LogP contribution in [-0.4, -0.2) is 30.4 Å². The molecule has 2 rings (SSSR count). The number of carbonyl (C=O) groups is 2. The van der Waals surface area contributed by atoms with E-state index in [-0.39, 0.29) is 18.5 Å². The Kier molecular flexibility index (Phi) is 3.19. The first-order valence-corrected chi connectivity index (χ1v) is 6.01. The SMILES string of the molecule is COC(=O)CN1C(=O)c2cc(Br)ccc2[C@@H]1C. The molecule has 0 bridgehead atoms. The summed E-state index contributed by atoms with van der Waals surface area (Å²) in [7, 11) is 1.32. The fourth-order valence-corrected chi connectivity index (χ4v) is 2.35. The third-order valence-corrected chi connectivity index (χ3v) is 3.44. The molecule has 0 radical (unpaired) electrons. The van der Waals surface area contributed by atoms with Crippen LogP contribution in [0.25, 0.3) is 0 Å². The lowest BCUT2D eigenvalue weighted by Crippen LogP contribution is -2.32. The first-order valence-electron chi connectivity index (χ1n) is 5.22. The summed E-state index contributed by atoms with van der Waals surface area (Å²) in [6.07, 6.45) is 0. The van der Waals surface area contributed by atoms with Crippen molar-refractivity contribution in [1.29, 1.82) is 0 Å². The van der Waals surface area contributed by atoms with Gasteiger partial charge in [0, 0.05) is 10.0 Å². The Morgan fingerprint density at radius 2 is 2.24 bits per heavy atom. The number of amides is 1. The molecule has 1 heterocycles. The number of carbonyl (C=O) groups excluding carboxylic acids is 2. The average molecular weight is 298 g/mol. The van der Waals surface area contributed by atoms with Crippen LogP contribution in [-0.2, 0) is 9.53 Å². The lowest BCUT2D eigenvalue weighted by atomic mass is 10.1. The zero-order chi connectivity index (χ0) is 12.6. The maximum absolute atomic E-state index is 12.1. The molecule has 1 aliphatic rings. The number of ether oxygens (including phenoxy) is 1. The topological polar surface area (TPSA) is 46.6 Å². The zero-order valence-electron chi connectivity index (χ0n) is 9.57. The Morgan fingerprint density at radius 1 is 1.53 bits per heavy atom. The molecule has 0 saturated carbocycles. The van der Waals surface area contributed by atoms with Gasteiger partial charge in [-0.05, 0) is 24.6 Å². The molecule has 4 nitrogen and oxygen atoms in total. The lowest BCUT2D eigenvalue weighted by Gasteiger charge is -2.20. The van der Waals surface area contributed by atoms with Crippen LogP contribution in [0.5, 0.6) is 0 Å². The number of methoxy groups -OCH3 is 1. The predicted molar refractivity (Wildman–Crippen MR) is 65.6 cm³/mol. The first-order chi connectivity index (χ1) is 8.04. The molecule has 0 aromatic heterocycles. The summed E-state index contributed by atoms with van der Waals surface area (Å²) in [6, 6.07) is 5.49. The second kappa shape index (κ2) is 4.49. The predicted octanol–water partition coefficient (Wildman–Crippen LogP) is 2.14. The van der Waals surface area contributed by atoms with Crippen LogP contribution < -0.4 is 0 Å². The van der Waals surface area contributed by atoms with Crippen molar-refractivity contribution in [2.24, 2.45) is 0 Å². The molecule has 1 aromatic rings. The van der Waals surface area contributed by atoms with Crippen LogP contribution in [0.15, 0.2) is 22.7 Å². The Labute approximate surface area is 108 Å². The second-order valence-corrected chi connectivity index (χ2v) is 4.83. The van der Waals surface area contributed by atoms with Gasteiger partial charge in [0.1, 0.15) is 6.54 Å². The van der Waals surface area contributed by atoms with E-state index in [1.54, 1.807) is 6.07 Å². The fraction of sp³-hybridized carbons (Fsp3) is 0.333. The van der Waals surface area contributed by atoms with Gasteiger partial charge in [-0.3, -0.25) is 9.59 Å². The quantitative estimate of drug-likeness (QED) is 0.786. The minimum absolute atomic E-state index is 0.0111. The first kappa shape index (κ1) is 12.1. The molecule has 0 aliphatic carbocycles. The molecule has 90 valence electrons. The molecule has 5 heteroatoms. The maximum Gasteiger partial charge on any atom is 0.325 e. The van der Waals surface area contributed by atoms with Gasteiger partial charge in [0.2, 0.25) is 0 Å². The summed E-state index contributed by atoms with van der Waals surface area (Å²) in [4.78, 5) is 24.9. The third kappa shape index (κ3) is 2.07. The monoisotopic (exact) mass is 297 g/mol. The highest BCUT2D eigenvalue weighted by atomic mass is 79.9. The van der Waals surface area contributed by atoms with Gasteiger partial charge in [-0.15, -0.1) is 0 Å². The zero-order valence-corrected chi connectivity index (χ0v) is 11.2. The van der Waals surface area contributed by atoms with E-state index in [1.807, 2.05) is 19.1 Å². The number of hydrogen-bond acceptors (Lipinski definition) is 3. The van der Waals surface area contributed by atoms with E-state index in [0.29, 0.717) is 5.56 Å². The van der Waals surface area contributed by atoms with Gasteiger partial charge >= 0.3 is 5.97 Å². The number of rotatable bonds is 2. The molecule has 17 heavy (non-hydrogen) atoms. The van der Waals surface area contributed by atoms with Gasteiger partial charge in [-0.25, -0.2) is 0 Å². The number of fused-ring (bicyclic) bond motifs is 1. The Hall–Kier alpha value is -1.36. The van der Waals surface area contributed by atoms with Gasteiger partial charge < -0.3 is 9.64 Å². The minimum atomic E-state index is -0.405. The van der Waals surface area contributed by atoms with Crippen molar-refractivity contribution in [2.45, 2.75) is 13.0 Å². The Bertz CT molecular complexity index is 487. The van der Waals surface area contributed by atoms with Crippen molar-refractivity contribution in [3.8, 4) is 0 Å². The van der Waals surface area contributed by atoms with Crippen molar-refractivity contribution < 1.29 is 14.3 Å². The van der Waals surface area contributed by atoms with Gasteiger partial charge in [-0.1, -0.05) is 22.0 Å². The van der Waals surface area contributed by atoms with Gasteiger partial charge in [0.05, 0.1) is 13.2 Å². The van der Waals surface area contributed by atoms with E-state index in [9.17, 15) is 9.59 Å². The fourth-order valence-electron chi connectivity index (χ4n) is 1.99. The van der Waals surface area contributed by atoms with E-state index in [2.05, 4.69) is 20.7 Å². The highest BCUT2D eigenvalue weighted by molar-refractivity contribution is 9.10. The number of halogens is 1. The van der Waals surface area contributed by atoms with Crippen LogP contribution in [0.2, 0.25) is 0 Å². The third-order valence-electron chi connectivity index (χ3n) is 2.95. The summed E-state index contributed by atoms with van der Waals surface area (Å²) in [5, 5.41) is 0. The molecule has 1 aliphatic heterocycles. The Balaban J connectivity index is 2.32. The van der Waals surface area contributed by atoms with Crippen LogP contribution >= 0.6 is 15.9 Å². The molecule has 0 spiro atoms. The highest BCUT2D eigenvalue weighted by Gasteiger charge is 2.35. The smallest absolute Gasteiger partial charge is 0.325 e. The summed E-state index contributed by atoms with van der Waals surface area (Å²) >= 11 is 3.33. The number of nitrogens with zero attached hydrogens (tertiary/aromatic N) is 1. The summed E-state index contributed by atoms with van der Waals surface area (Å²) < 4.78 is 5.45. The number of esters is 1. The lowest BCUT2D eigenvalue weighted by molar-refractivity contribution is -0.141. The van der Waals surface area contributed by atoms with Crippen molar-refractivity contribution in [3.05, 3.63) is 33.8 Å². The van der Waals surface area contributed by atoms with E-state index in [0.717, 1.165) is 10.0 Å². The van der Waals surface area contributed by atoms with Crippen LogP contribution in [0.4, 0.5) is 0 Å². The van der Waals surface area contributed by atoms with Crippen molar-refractivity contribution in [2.75, 3.05) is 13.7 Å². The van der Waals surface area contributed by atoms with Crippen LogP contribution in [0.3, 0.4) is 0 Å². The largest absolute Gasteiger partial charge is 0.468 e. The Morgan fingerprint density at radius 3 is 2.88 bits per heavy atom. The minimum Gasteiger partial charge on any atom is -0.468 e. The number of benzene rings is 1. The molecule has 0 saturated heterocycles. The molecule has 1 atom stereocenters. The van der Waals surface area contributed by atoms with E-state index in [4.69, 9.17) is 0 Å². The molecule has 0 N–H and O–H groups in total. The second-order valence-electron chi connectivity index (χ2n) is 3.92. The van der Waals surface area contributed by atoms with Crippen LogP contribution in [0.1, 0.15) is 28.9 Å². The maximum atomic E-state index is 12.1. The van der Waals surface area contributed by atoms with Crippen molar-refractivity contribution in [1.82, 2.24) is 4.90 Å². The summed E-state index contributed by atoms with van der Waals surface area (Å²) in [5.74, 6) is -0.531. The summed E-state index contributed by atoms with van der Waals surface area (Å²) in [6.45, 7) is 1.89.